The summed E-state index contributed by atoms with van der Waals surface area (Å²) in [6.45, 7) is 0.224. The van der Waals surface area contributed by atoms with Crippen molar-refractivity contribution in [1.29, 1.82) is 0 Å². The van der Waals surface area contributed by atoms with E-state index in [0.29, 0.717) is 0 Å². The minimum Gasteiger partial charge on any atom is -0.473 e. The van der Waals surface area contributed by atoms with Gasteiger partial charge in [0, 0.05) is 0 Å². The van der Waals surface area contributed by atoms with Gasteiger partial charge in [0.2, 0.25) is 0 Å². The van der Waals surface area contributed by atoms with Gasteiger partial charge in [-0.15, -0.1) is 0 Å². The van der Waals surface area contributed by atoms with Gasteiger partial charge in [-0.3, -0.25) is 9.68 Å². The molecule has 5 N–H and O–H groups in total. The van der Waals surface area contributed by atoms with E-state index in [1.165, 1.54) is 0 Å². The Morgan fingerprint density at radius 3 is 1.47 bits per heavy atom. The van der Waals surface area contributed by atoms with Gasteiger partial charge < -0.3 is 20.4 Å². The van der Waals surface area contributed by atoms with Crippen LogP contribution in [0.2, 0.25) is 0 Å². The molecule has 0 atom stereocenters. The van der Waals surface area contributed by atoms with Crippen LogP contribution in [0, 0.1) is 0 Å². The van der Waals surface area contributed by atoms with Crippen LogP contribution in [0.1, 0.15) is 0 Å². The van der Waals surface area contributed by atoms with Gasteiger partial charge in [0.1, 0.15) is 0 Å². The lowest BCUT2D eigenvalue weighted by Crippen LogP contribution is -2.19. The van der Waals surface area contributed by atoms with Crippen molar-refractivity contribution in [2.75, 3.05) is 26.4 Å². The number of hydrogen-bond acceptors (Lipinski definition) is 7. The lowest BCUT2D eigenvalue weighted by molar-refractivity contribution is -0.178. The van der Waals surface area contributed by atoms with Gasteiger partial charge in [0.05, 0.1) is 26.4 Å². The number of nitrogens with one attached hydrogen (secondary N) is 1. The molecular formula is C6H13NO8. The Kier molecular flexibility index (Phi) is 13.7. The maximum absolute atomic E-state index is 9.10. The zero-order chi connectivity index (χ0) is 12.1. The molecule has 0 aromatic rings. The maximum Gasteiger partial charge on any atom is 0.414 e. The highest BCUT2D eigenvalue weighted by Gasteiger charge is 2.04. The SMILES string of the molecule is O=C(O)C(=O)O.OCCONOCCO. The number of carboxylic acid groups (broad SMARTS) is 2. The van der Waals surface area contributed by atoms with Gasteiger partial charge in [-0.05, 0) is 0 Å². The Balaban J connectivity index is 0. The smallest absolute Gasteiger partial charge is 0.414 e. The fourth-order valence-electron chi connectivity index (χ4n) is 0.216. The summed E-state index contributed by atoms with van der Waals surface area (Å²) in [5.41, 5.74) is 2.07. The minimum absolute atomic E-state index is 0.0600. The molecule has 0 aliphatic heterocycles. The second-order valence-electron chi connectivity index (χ2n) is 1.84. The number of aliphatic hydroxyl groups excluding tert-OH is 2. The van der Waals surface area contributed by atoms with Crippen LogP contribution in [0.15, 0.2) is 0 Å². The number of aliphatic hydroxyl groups is 2. The molecule has 0 bridgehead atoms. The number of carboxylic acids is 2. The normalized spacial score (nSPS) is 8.93. The molecule has 0 aromatic carbocycles. The van der Waals surface area contributed by atoms with E-state index in [-0.39, 0.29) is 26.4 Å². The Bertz CT molecular complexity index is 155. The predicted octanol–water partition coefficient (Wildman–Crippen LogP) is -2.42. The van der Waals surface area contributed by atoms with Crippen molar-refractivity contribution in [3.63, 3.8) is 0 Å². The van der Waals surface area contributed by atoms with Crippen molar-refractivity contribution in [2.45, 2.75) is 0 Å². The molecule has 9 nitrogen and oxygen atoms in total. The molecule has 90 valence electrons. The van der Waals surface area contributed by atoms with Gasteiger partial charge in [-0.1, -0.05) is 5.64 Å². The van der Waals surface area contributed by atoms with Crippen LogP contribution in [0.4, 0.5) is 0 Å². The number of carbonyl (C=O) groups is 2. The molecule has 0 saturated carbocycles. The number of rotatable bonds is 6. The van der Waals surface area contributed by atoms with E-state index >= 15 is 0 Å². The second kappa shape index (κ2) is 12.7. The Morgan fingerprint density at radius 1 is 0.933 bits per heavy atom. The largest absolute Gasteiger partial charge is 0.473 e. The third-order valence-corrected chi connectivity index (χ3v) is 0.688. The van der Waals surface area contributed by atoms with Crippen molar-refractivity contribution in [1.82, 2.24) is 5.64 Å². The molecule has 0 unspecified atom stereocenters. The van der Waals surface area contributed by atoms with Gasteiger partial charge in [-0.2, -0.15) is 0 Å². The predicted molar refractivity (Wildman–Crippen MR) is 44.5 cm³/mol. The summed E-state index contributed by atoms with van der Waals surface area (Å²) in [7, 11) is 0. The Labute approximate surface area is 84.8 Å². The zero-order valence-electron chi connectivity index (χ0n) is 7.75. The van der Waals surface area contributed by atoms with Gasteiger partial charge in [-0.25, -0.2) is 9.59 Å². The first-order chi connectivity index (χ1) is 7.06. The van der Waals surface area contributed by atoms with Gasteiger partial charge in [0.15, 0.2) is 0 Å². The summed E-state index contributed by atoms with van der Waals surface area (Å²) in [5.74, 6) is -3.65. The molecule has 0 aromatic heterocycles. The summed E-state index contributed by atoms with van der Waals surface area (Å²) in [4.78, 5) is 27.1. The van der Waals surface area contributed by atoms with Crippen LogP contribution < -0.4 is 5.64 Å². The third-order valence-electron chi connectivity index (χ3n) is 0.688. The van der Waals surface area contributed by atoms with Crippen molar-refractivity contribution in [3.8, 4) is 0 Å². The number of aliphatic carboxylic acids is 2. The molecule has 0 amide bonds. The van der Waals surface area contributed by atoms with Crippen LogP contribution in [0.3, 0.4) is 0 Å². The lowest BCUT2D eigenvalue weighted by atomic mass is 10.7. The first-order valence-electron chi connectivity index (χ1n) is 3.72. The highest BCUT2D eigenvalue weighted by Crippen LogP contribution is 1.67. The van der Waals surface area contributed by atoms with Crippen LogP contribution >= 0.6 is 0 Å². The molecule has 0 radical (unpaired) electrons. The zero-order valence-corrected chi connectivity index (χ0v) is 7.75. The molecule has 0 fully saturated rings. The Hall–Kier alpha value is -1.26. The molecule has 0 aliphatic carbocycles. The van der Waals surface area contributed by atoms with E-state index < -0.39 is 11.9 Å². The van der Waals surface area contributed by atoms with Crippen LogP contribution in [0.5, 0.6) is 0 Å². The molecule has 0 heterocycles. The topological polar surface area (TPSA) is 146 Å². The van der Waals surface area contributed by atoms with Gasteiger partial charge in [0.25, 0.3) is 0 Å². The Morgan fingerprint density at radius 2 is 1.27 bits per heavy atom. The molecule has 0 saturated heterocycles. The fraction of sp³-hybridized carbons (Fsp3) is 0.667. The highest BCUT2D eigenvalue weighted by molar-refractivity contribution is 6.27. The average molecular weight is 227 g/mol. The van der Waals surface area contributed by atoms with E-state index in [9.17, 15) is 0 Å². The summed E-state index contributed by atoms with van der Waals surface area (Å²) < 4.78 is 0. The first-order valence-corrected chi connectivity index (χ1v) is 3.72. The second-order valence-corrected chi connectivity index (χ2v) is 1.84. The molecule has 15 heavy (non-hydrogen) atoms. The molecule has 0 spiro atoms. The molecule has 9 heteroatoms. The monoisotopic (exact) mass is 227 g/mol. The van der Waals surface area contributed by atoms with Crippen LogP contribution in [0.25, 0.3) is 0 Å². The van der Waals surface area contributed by atoms with Crippen molar-refractivity contribution < 1.29 is 39.7 Å². The third kappa shape index (κ3) is 19.2. The first kappa shape index (κ1) is 16.2. The van der Waals surface area contributed by atoms with Gasteiger partial charge >= 0.3 is 11.9 Å². The average Bonchev–Trinajstić information content (AvgIpc) is 2.18. The minimum atomic E-state index is -1.82. The quantitative estimate of drug-likeness (QED) is 0.190. The van der Waals surface area contributed by atoms with Crippen molar-refractivity contribution in [2.24, 2.45) is 0 Å². The van der Waals surface area contributed by atoms with Crippen molar-refractivity contribution >= 4 is 11.9 Å². The maximum atomic E-state index is 9.10. The van der Waals surface area contributed by atoms with Crippen molar-refractivity contribution in [3.05, 3.63) is 0 Å². The summed E-state index contributed by atoms with van der Waals surface area (Å²) in [6.07, 6.45) is 0. The van der Waals surface area contributed by atoms with E-state index in [2.05, 4.69) is 15.3 Å². The fourth-order valence-corrected chi connectivity index (χ4v) is 0.216. The highest BCUT2D eigenvalue weighted by atomic mass is 16.9. The molecule has 0 aliphatic rings. The number of hydrogen-bond donors (Lipinski definition) is 5. The van der Waals surface area contributed by atoms with E-state index in [0.717, 1.165) is 0 Å². The molecular weight excluding hydrogens is 214 g/mol. The van der Waals surface area contributed by atoms with E-state index in [1.54, 1.807) is 0 Å². The molecule has 0 rings (SSSR count). The van der Waals surface area contributed by atoms with E-state index in [1.807, 2.05) is 0 Å². The summed E-state index contributed by atoms with van der Waals surface area (Å²) in [6, 6.07) is 0. The summed E-state index contributed by atoms with van der Waals surface area (Å²) in [5, 5.41) is 31.1. The standard InChI is InChI=1S/C4H11NO4.C2H2O4/c6-1-3-8-5-9-4-2-7;3-1(4)2(5)6/h5-7H,1-4H2;(H,3,4)(H,5,6). The van der Waals surface area contributed by atoms with Crippen LogP contribution in [-0.2, 0) is 19.3 Å². The van der Waals surface area contributed by atoms with E-state index in [4.69, 9.17) is 30.0 Å². The van der Waals surface area contributed by atoms with Crippen LogP contribution in [-0.4, -0.2) is 58.8 Å². The lowest BCUT2D eigenvalue weighted by Gasteiger charge is -2.01. The summed E-state index contributed by atoms with van der Waals surface area (Å²) >= 11 is 0.